The monoisotopic (exact) mass is 306 g/mol. The number of fused-ring (bicyclic) bond motifs is 1. The first-order chi connectivity index (χ1) is 9.87. The number of benzene rings is 2. The molecule has 0 fully saturated rings. The maximum atomic E-state index is 14.1. The third-order valence-corrected chi connectivity index (χ3v) is 3.73. The molecule has 0 bridgehead atoms. The molecule has 4 heteroatoms. The molecule has 0 unspecified atom stereocenters. The van der Waals surface area contributed by atoms with E-state index in [4.69, 9.17) is 16.3 Å². The molecule has 108 valence electrons. The number of halogens is 3. The van der Waals surface area contributed by atoms with Gasteiger partial charge in [-0.25, -0.2) is 8.78 Å². The third-order valence-electron chi connectivity index (χ3n) is 3.51. The molecule has 0 atom stereocenters. The maximum Gasteiger partial charge on any atom is 0.135 e. The summed E-state index contributed by atoms with van der Waals surface area (Å²) in [5.74, 6) is -0.337. The van der Waals surface area contributed by atoms with Gasteiger partial charge in [-0.3, -0.25) is 0 Å². The molecule has 0 radical (unpaired) electrons. The molecule has 0 saturated carbocycles. The minimum Gasteiger partial charge on any atom is -0.482 e. The Bertz CT molecular complexity index is 733. The Morgan fingerprint density at radius 2 is 1.71 bits per heavy atom. The molecule has 0 N–H and O–H groups in total. The summed E-state index contributed by atoms with van der Waals surface area (Å²) in [5, 5.41) is 0.292. The van der Waals surface area contributed by atoms with Gasteiger partial charge in [0.2, 0.25) is 0 Å². The van der Waals surface area contributed by atoms with Crippen LogP contribution in [0.2, 0.25) is 5.02 Å². The molecule has 1 aliphatic heterocycles. The number of hydrogen-bond acceptors (Lipinski definition) is 1. The van der Waals surface area contributed by atoms with Gasteiger partial charge in [0.25, 0.3) is 0 Å². The van der Waals surface area contributed by atoms with Gasteiger partial charge < -0.3 is 4.74 Å². The molecule has 21 heavy (non-hydrogen) atoms. The molecule has 0 saturated heterocycles. The van der Waals surface area contributed by atoms with E-state index in [9.17, 15) is 8.78 Å². The fourth-order valence-corrected chi connectivity index (χ4v) is 2.69. The zero-order valence-electron chi connectivity index (χ0n) is 11.6. The summed E-state index contributed by atoms with van der Waals surface area (Å²) < 4.78 is 33.0. The van der Waals surface area contributed by atoms with Crippen molar-refractivity contribution in [1.29, 1.82) is 0 Å². The van der Waals surface area contributed by atoms with Crippen molar-refractivity contribution in [2.75, 3.05) is 0 Å². The van der Waals surface area contributed by atoms with E-state index in [0.717, 1.165) is 11.1 Å². The lowest BCUT2D eigenvalue weighted by molar-refractivity contribution is 0.168. The fraction of sp³-hybridized carbons (Fsp3) is 0.176. The Hall–Kier alpha value is -1.87. The molecule has 0 amide bonds. The van der Waals surface area contributed by atoms with Crippen molar-refractivity contribution in [3.05, 3.63) is 64.2 Å². The highest BCUT2D eigenvalue weighted by Gasteiger charge is 2.32. The maximum absolute atomic E-state index is 14.1. The van der Waals surface area contributed by atoms with E-state index in [0.29, 0.717) is 16.3 Å². The average molecular weight is 307 g/mol. The van der Waals surface area contributed by atoms with Gasteiger partial charge in [0.05, 0.1) is 5.56 Å². The van der Waals surface area contributed by atoms with Crippen LogP contribution in [0.4, 0.5) is 8.78 Å². The molecule has 2 aromatic carbocycles. The normalized spacial score (nSPS) is 16.0. The van der Waals surface area contributed by atoms with Gasteiger partial charge in [0.15, 0.2) is 0 Å². The van der Waals surface area contributed by atoms with Crippen LogP contribution in [0.25, 0.3) is 11.6 Å². The summed E-state index contributed by atoms with van der Waals surface area (Å²) in [6.07, 6.45) is 1.73. The Kier molecular flexibility index (Phi) is 3.25. The highest BCUT2D eigenvalue weighted by atomic mass is 35.5. The number of rotatable bonds is 1. The highest BCUT2D eigenvalue weighted by Crippen LogP contribution is 2.42. The van der Waals surface area contributed by atoms with Gasteiger partial charge in [-0.1, -0.05) is 23.7 Å². The lowest BCUT2D eigenvalue weighted by Crippen LogP contribution is -2.32. The van der Waals surface area contributed by atoms with Crippen LogP contribution >= 0.6 is 11.6 Å². The summed E-state index contributed by atoms with van der Waals surface area (Å²) in [7, 11) is 0. The molecule has 1 heterocycles. The lowest BCUT2D eigenvalue weighted by Gasteiger charge is -2.34. The second-order valence-corrected chi connectivity index (χ2v) is 5.91. The molecular weight excluding hydrogens is 294 g/mol. The fourth-order valence-electron chi connectivity index (χ4n) is 2.49. The largest absolute Gasteiger partial charge is 0.482 e. The predicted octanol–water partition coefficient (Wildman–Crippen LogP) is 5.33. The van der Waals surface area contributed by atoms with E-state index in [-0.39, 0.29) is 5.82 Å². The van der Waals surface area contributed by atoms with E-state index < -0.39 is 11.4 Å². The molecule has 1 nitrogen and oxygen atoms in total. The van der Waals surface area contributed by atoms with Crippen LogP contribution in [0, 0.1) is 11.6 Å². The SMILES string of the molecule is CC1(C)Oc2cc(Cl)cc(F)c2C=C1c1ccc(F)cc1. The van der Waals surface area contributed by atoms with Gasteiger partial charge in [-0.15, -0.1) is 0 Å². The van der Waals surface area contributed by atoms with Gasteiger partial charge in [-0.2, -0.15) is 0 Å². The van der Waals surface area contributed by atoms with E-state index in [2.05, 4.69) is 0 Å². The van der Waals surface area contributed by atoms with Crippen LogP contribution in [-0.4, -0.2) is 5.60 Å². The van der Waals surface area contributed by atoms with Crippen molar-refractivity contribution in [1.82, 2.24) is 0 Å². The number of hydrogen-bond donors (Lipinski definition) is 0. The van der Waals surface area contributed by atoms with Crippen molar-refractivity contribution in [3.8, 4) is 5.75 Å². The standard InChI is InChI=1S/C17H13ClF2O/c1-17(2)14(10-3-5-12(19)6-4-10)9-13-15(20)7-11(18)8-16(13)21-17/h3-9H,1-2H3. The van der Waals surface area contributed by atoms with E-state index in [1.807, 2.05) is 13.8 Å². The Balaban J connectivity index is 2.18. The van der Waals surface area contributed by atoms with Crippen LogP contribution in [0.15, 0.2) is 36.4 Å². The second-order valence-electron chi connectivity index (χ2n) is 5.48. The Morgan fingerprint density at radius 3 is 2.38 bits per heavy atom. The molecule has 1 aliphatic rings. The molecule has 3 rings (SSSR count). The summed E-state index contributed by atoms with van der Waals surface area (Å²) in [6.45, 7) is 3.76. The lowest BCUT2D eigenvalue weighted by atomic mass is 9.87. The quantitative estimate of drug-likeness (QED) is 0.692. The van der Waals surface area contributed by atoms with Crippen molar-refractivity contribution in [3.63, 3.8) is 0 Å². The molecular formula is C17H13ClF2O. The molecule has 2 aromatic rings. The molecule has 0 aliphatic carbocycles. The van der Waals surface area contributed by atoms with Crippen LogP contribution < -0.4 is 4.74 Å². The topological polar surface area (TPSA) is 9.23 Å². The summed E-state index contributed by atoms with van der Waals surface area (Å²) >= 11 is 5.86. The van der Waals surface area contributed by atoms with Gasteiger partial charge in [0, 0.05) is 10.6 Å². The van der Waals surface area contributed by atoms with Gasteiger partial charge in [-0.05, 0) is 49.8 Å². The van der Waals surface area contributed by atoms with E-state index in [1.165, 1.54) is 18.2 Å². The van der Waals surface area contributed by atoms with Gasteiger partial charge in [0.1, 0.15) is 23.0 Å². The van der Waals surface area contributed by atoms with E-state index in [1.54, 1.807) is 24.3 Å². The highest BCUT2D eigenvalue weighted by molar-refractivity contribution is 6.30. The minimum atomic E-state index is -0.665. The molecule has 0 aromatic heterocycles. The first-order valence-corrected chi connectivity index (χ1v) is 6.91. The van der Waals surface area contributed by atoms with Crippen LogP contribution in [0.3, 0.4) is 0 Å². The van der Waals surface area contributed by atoms with Crippen LogP contribution in [0.5, 0.6) is 5.75 Å². The van der Waals surface area contributed by atoms with Crippen molar-refractivity contribution >= 4 is 23.3 Å². The number of ether oxygens (including phenoxy) is 1. The minimum absolute atomic E-state index is 0.292. The van der Waals surface area contributed by atoms with Gasteiger partial charge >= 0.3 is 0 Å². The Labute approximate surface area is 126 Å². The first-order valence-electron chi connectivity index (χ1n) is 6.53. The van der Waals surface area contributed by atoms with Crippen LogP contribution in [-0.2, 0) is 0 Å². The average Bonchev–Trinajstić information content (AvgIpc) is 2.38. The second kappa shape index (κ2) is 4.85. The predicted molar refractivity (Wildman–Crippen MR) is 80.4 cm³/mol. The summed E-state index contributed by atoms with van der Waals surface area (Å²) in [6, 6.07) is 8.91. The Morgan fingerprint density at radius 1 is 1.05 bits per heavy atom. The van der Waals surface area contributed by atoms with Crippen molar-refractivity contribution in [2.45, 2.75) is 19.4 Å². The zero-order chi connectivity index (χ0) is 15.2. The first kappa shape index (κ1) is 14.1. The molecule has 0 spiro atoms. The zero-order valence-corrected chi connectivity index (χ0v) is 12.3. The third kappa shape index (κ3) is 2.54. The van der Waals surface area contributed by atoms with Crippen molar-refractivity contribution in [2.24, 2.45) is 0 Å². The van der Waals surface area contributed by atoms with Crippen molar-refractivity contribution < 1.29 is 13.5 Å². The van der Waals surface area contributed by atoms with Crippen LogP contribution in [0.1, 0.15) is 25.0 Å². The summed E-state index contributed by atoms with van der Waals surface area (Å²) in [4.78, 5) is 0. The summed E-state index contributed by atoms with van der Waals surface area (Å²) in [5.41, 5.74) is 1.28. The smallest absolute Gasteiger partial charge is 0.135 e. The van der Waals surface area contributed by atoms with E-state index >= 15 is 0 Å².